The van der Waals surface area contributed by atoms with Crippen LogP contribution in [0.2, 0.25) is 0 Å². The lowest BCUT2D eigenvalue weighted by Gasteiger charge is -2.19. The minimum absolute atomic E-state index is 0.0305. The molecule has 2 atom stereocenters. The molecule has 1 unspecified atom stereocenters. The number of phosphoric ester groups is 1. The summed E-state index contributed by atoms with van der Waals surface area (Å²) in [5, 5.41) is 0. The quantitative estimate of drug-likeness (QED) is 0.0269. The zero-order chi connectivity index (χ0) is 41.8. The molecule has 0 aliphatic rings. The third kappa shape index (κ3) is 42.4. The Balaban J connectivity index is 4.39. The van der Waals surface area contributed by atoms with Crippen LogP contribution < -0.4 is 5.73 Å². The summed E-state index contributed by atoms with van der Waals surface area (Å²) in [5.74, 6) is -0.996. The molecule has 0 rings (SSSR count). The monoisotopic (exact) mass is 816 g/mol. The second-order valence-corrected chi connectivity index (χ2v) is 15.3. The van der Waals surface area contributed by atoms with Crippen LogP contribution in [0.25, 0.3) is 0 Å². The zero-order valence-corrected chi connectivity index (χ0v) is 36.4. The number of esters is 2. The highest BCUT2D eigenvalue weighted by molar-refractivity contribution is 7.47. The fourth-order valence-electron chi connectivity index (χ4n) is 5.22. The number of carbonyl (C=O) groups excluding carboxylic acids is 2. The maximum atomic E-state index is 12.5. The van der Waals surface area contributed by atoms with Crippen molar-refractivity contribution in [2.45, 2.75) is 161 Å². The van der Waals surface area contributed by atoms with Gasteiger partial charge in [0.2, 0.25) is 0 Å². The van der Waals surface area contributed by atoms with Crippen LogP contribution in [-0.2, 0) is 32.7 Å². The van der Waals surface area contributed by atoms with Crippen molar-refractivity contribution in [3.8, 4) is 0 Å². The van der Waals surface area contributed by atoms with Gasteiger partial charge in [-0.25, -0.2) is 4.57 Å². The van der Waals surface area contributed by atoms with E-state index in [9.17, 15) is 19.0 Å². The average Bonchev–Trinajstić information content (AvgIpc) is 3.20. The molecule has 0 saturated heterocycles. The molecule has 0 aromatic rings. The number of ether oxygens (including phenoxy) is 2. The number of hydrogen-bond acceptors (Lipinski definition) is 8. The standard InChI is InChI=1S/C47H78NO8P/c1-3-5-7-9-11-13-15-17-19-21-22-24-26-28-30-32-34-36-38-40-47(50)56-45(44-55-57(51,52)54-42-41-48)43-53-46(49)39-37-35-33-31-29-27-25-23-20-18-16-14-12-10-8-6-4-2/h11,13,17-20,22,24-25,27-28,30-31,33-34,36,45H,3-10,12,14-16,21,23,26,29,32,35,37-44,48H2,1-2H3,(H,51,52)/t45-/m1/s1. The smallest absolute Gasteiger partial charge is 0.462 e. The Kier molecular flexibility index (Phi) is 40.2. The van der Waals surface area contributed by atoms with Crippen LogP contribution in [0.4, 0.5) is 0 Å². The second kappa shape index (κ2) is 42.5. The number of carbonyl (C=O) groups is 2. The molecule has 0 aliphatic carbocycles. The summed E-state index contributed by atoms with van der Waals surface area (Å²) in [4.78, 5) is 34.8. The van der Waals surface area contributed by atoms with Crippen LogP contribution in [0.3, 0.4) is 0 Å². The first-order chi connectivity index (χ1) is 27.8. The largest absolute Gasteiger partial charge is 0.472 e. The molecule has 0 aromatic carbocycles. The summed E-state index contributed by atoms with van der Waals surface area (Å²) < 4.78 is 32.6. The molecular weight excluding hydrogens is 737 g/mol. The summed E-state index contributed by atoms with van der Waals surface area (Å²) in [6.07, 6.45) is 54.6. The van der Waals surface area contributed by atoms with E-state index >= 15 is 0 Å². The van der Waals surface area contributed by atoms with E-state index in [1.165, 1.54) is 64.2 Å². The van der Waals surface area contributed by atoms with Crippen molar-refractivity contribution in [2.24, 2.45) is 5.73 Å². The SMILES string of the molecule is CCCCCC=CCC=CCC=CCC=CCC=CCCC(=O)O[C@H](COC(=O)CCCC=CCC=CCC=CCCCCCCCC)COP(=O)(O)OCCN. The van der Waals surface area contributed by atoms with E-state index in [1.54, 1.807) is 0 Å². The van der Waals surface area contributed by atoms with Crippen molar-refractivity contribution in [2.75, 3.05) is 26.4 Å². The zero-order valence-electron chi connectivity index (χ0n) is 35.5. The second-order valence-electron chi connectivity index (χ2n) is 13.8. The summed E-state index contributed by atoms with van der Waals surface area (Å²) in [6, 6.07) is 0. The fraction of sp³-hybridized carbons (Fsp3) is 0.617. The number of hydrogen-bond donors (Lipinski definition) is 2. The van der Waals surface area contributed by atoms with Crippen molar-refractivity contribution >= 4 is 19.8 Å². The third-order valence-electron chi connectivity index (χ3n) is 8.46. The molecule has 0 saturated carbocycles. The lowest BCUT2D eigenvalue weighted by molar-refractivity contribution is -0.161. The molecule has 324 valence electrons. The summed E-state index contributed by atoms with van der Waals surface area (Å²) in [5.41, 5.74) is 5.34. The molecule has 10 heteroatoms. The molecule has 0 bridgehead atoms. The van der Waals surface area contributed by atoms with E-state index in [0.29, 0.717) is 12.8 Å². The van der Waals surface area contributed by atoms with Crippen molar-refractivity contribution in [1.82, 2.24) is 0 Å². The number of unbranched alkanes of at least 4 members (excludes halogenated alkanes) is 10. The van der Waals surface area contributed by atoms with Crippen LogP contribution in [0.1, 0.15) is 155 Å². The van der Waals surface area contributed by atoms with Gasteiger partial charge in [0.25, 0.3) is 0 Å². The lowest BCUT2D eigenvalue weighted by atomic mass is 10.1. The van der Waals surface area contributed by atoms with E-state index in [2.05, 4.69) is 92.8 Å². The van der Waals surface area contributed by atoms with E-state index < -0.39 is 32.5 Å². The molecule has 0 aliphatic heterocycles. The summed E-state index contributed by atoms with van der Waals surface area (Å²) >= 11 is 0. The molecular formula is C47H78NO8P. The predicted octanol–water partition coefficient (Wildman–Crippen LogP) is 12.6. The number of phosphoric acid groups is 1. The molecule has 0 amide bonds. The Labute approximate surface area is 346 Å². The summed E-state index contributed by atoms with van der Waals surface area (Å²) in [6.45, 7) is 3.53. The Morgan fingerprint density at radius 3 is 1.46 bits per heavy atom. The van der Waals surface area contributed by atoms with Gasteiger partial charge in [0, 0.05) is 19.4 Å². The highest BCUT2D eigenvalue weighted by Gasteiger charge is 2.25. The van der Waals surface area contributed by atoms with Gasteiger partial charge in [-0.1, -0.05) is 156 Å². The first-order valence-corrected chi connectivity index (χ1v) is 23.2. The van der Waals surface area contributed by atoms with Gasteiger partial charge in [0.15, 0.2) is 6.10 Å². The Morgan fingerprint density at radius 1 is 0.526 bits per heavy atom. The van der Waals surface area contributed by atoms with Crippen LogP contribution >= 0.6 is 7.82 Å². The highest BCUT2D eigenvalue weighted by Crippen LogP contribution is 2.43. The fourth-order valence-corrected chi connectivity index (χ4v) is 5.98. The van der Waals surface area contributed by atoms with Gasteiger partial charge in [0.05, 0.1) is 13.2 Å². The summed E-state index contributed by atoms with van der Waals surface area (Å²) in [7, 11) is -4.41. The first kappa shape index (κ1) is 53.9. The average molecular weight is 816 g/mol. The van der Waals surface area contributed by atoms with Gasteiger partial charge in [0.1, 0.15) is 6.61 Å². The van der Waals surface area contributed by atoms with Gasteiger partial charge in [-0.15, -0.1) is 0 Å². The van der Waals surface area contributed by atoms with Crippen molar-refractivity contribution in [1.29, 1.82) is 0 Å². The number of rotatable bonds is 39. The van der Waals surface area contributed by atoms with E-state index in [4.69, 9.17) is 24.3 Å². The molecule has 57 heavy (non-hydrogen) atoms. The predicted molar refractivity (Wildman–Crippen MR) is 238 cm³/mol. The minimum Gasteiger partial charge on any atom is -0.462 e. The molecule has 9 nitrogen and oxygen atoms in total. The van der Waals surface area contributed by atoms with Crippen LogP contribution in [-0.4, -0.2) is 49.3 Å². The maximum Gasteiger partial charge on any atom is 0.472 e. The van der Waals surface area contributed by atoms with E-state index in [1.807, 2.05) is 18.2 Å². The van der Waals surface area contributed by atoms with E-state index in [0.717, 1.165) is 51.4 Å². The molecule has 3 N–H and O–H groups in total. The van der Waals surface area contributed by atoms with E-state index in [-0.39, 0.29) is 32.6 Å². The van der Waals surface area contributed by atoms with Crippen molar-refractivity contribution in [3.63, 3.8) is 0 Å². The van der Waals surface area contributed by atoms with Crippen LogP contribution in [0.15, 0.2) is 97.2 Å². The molecule has 0 fully saturated rings. The lowest BCUT2D eigenvalue weighted by Crippen LogP contribution is -2.29. The maximum absolute atomic E-state index is 12.5. The van der Waals surface area contributed by atoms with Gasteiger partial charge >= 0.3 is 19.8 Å². The van der Waals surface area contributed by atoms with Gasteiger partial charge in [-0.05, 0) is 83.5 Å². The van der Waals surface area contributed by atoms with Crippen LogP contribution in [0.5, 0.6) is 0 Å². The minimum atomic E-state index is -4.41. The van der Waals surface area contributed by atoms with Gasteiger partial charge in [-0.2, -0.15) is 0 Å². The molecule has 0 radical (unpaired) electrons. The number of allylic oxidation sites excluding steroid dienone is 16. The van der Waals surface area contributed by atoms with Crippen molar-refractivity contribution < 1.29 is 37.6 Å². The molecule has 0 spiro atoms. The normalized spacial score (nSPS) is 14.2. The Bertz CT molecular complexity index is 1250. The van der Waals surface area contributed by atoms with Crippen molar-refractivity contribution in [3.05, 3.63) is 97.2 Å². The first-order valence-electron chi connectivity index (χ1n) is 21.7. The Morgan fingerprint density at radius 2 is 0.947 bits per heavy atom. The molecule has 0 heterocycles. The van der Waals surface area contributed by atoms with Crippen LogP contribution in [0, 0.1) is 0 Å². The number of nitrogens with two attached hydrogens (primary N) is 1. The third-order valence-corrected chi connectivity index (χ3v) is 9.44. The van der Waals surface area contributed by atoms with Gasteiger partial charge in [-0.3, -0.25) is 18.6 Å². The molecule has 0 aromatic heterocycles. The Hall–Kier alpha value is -3.07. The van der Waals surface area contributed by atoms with Gasteiger partial charge < -0.3 is 20.1 Å². The highest BCUT2D eigenvalue weighted by atomic mass is 31.2. The topological polar surface area (TPSA) is 134 Å².